The molecule has 0 aliphatic carbocycles. The van der Waals surface area contributed by atoms with Crippen LogP contribution in [0.25, 0.3) is 16.8 Å². The zero-order chi connectivity index (χ0) is 21.3. The lowest BCUT2D eigenvalue weighted by Gasteiger charge is -2.05. The van der Waals surface area contributed by atoms with Crippen LogP contribution in [0.4, 0.5) is 0 Å². The third-order valence-electron chi connectivity index (χ3n) is 4.56. The van der Waals surface area contributed by atoms with Gasteiger partial charge in [0.15, 0.2) is 0 Å². The van der Waals surface area contributed by atoms with Gasteiger partial charge in [0.25, 0.3) is 0 Å². The number of hydrogen-bond donors (Lipinski definition) is 0. The van der Waals surface area contributed by atoms with Gasteiger partial charge in [0.2, 0.25) is 5.78 Å². The predicted molar refractivity (Wildman–Crippen MR) is 111 cm³/mol. The van der Waals surface area contributed by atoms with Crippen molar-refractivity contribution in [3.63, 3.8) is 0 Å². The van der Waals surface area contributed by atoms with E-state index < -0.39 is 5.97 Å². The van der Waals surface area contributed by atoms with Gasteiger partial charge in [-0.05, 0) is 36.4 Å². The molecule has 0 fully saturated rings. The molecule has 0 N–H and O–H groups in total. The van der Waals surface area contributed by atoms with Crippen molar-refractivity contribution in [1.82, 2.24) is 14.6 Å². The summed E-state index contributed by atoms with van der Waals surface area (Å²) in [5, 5.41) is 5.17. The molecule has 0 radical (unpaired) electrons. The largest absolute Gasteiger partial charge is 0.495 e. The van der Waals surface area contributed by atoms with Crippen LogP contribution >= 0.6 is 11.6 Å². The van der Waals surface area contributed by atoms with Gasteiger partial charge in [-0.1, -0.05) is 29.8 Å². The molecule has 0 saturated heterocycles. The quantitative estimate of drug-likeness (QED) is 0.357. The molecule has 4 aromatic rings. The number of methoxy groups -OCH3 is 2. The van der Waals surface area contributed by atoms with Crippen LogP contribution in [0.5, 0.6) is 5.75 Å². The molecule has 0 bridgehead atoms. The normalized spacial score (nSPS) is 10.8. The van der Waals surface area contributed by atoms with Gasteiger partial charge in [-0.25, -0.2) is 14.3 Å². The van der Waals surface area contributed by atoms with Gasteiger partial charge in [-0.15, -0.1) is 0 Å². The number of carbonyl (C=O) groups excluding carboxylic acids is 2. The van der Waals surface area contributed by atoms with E-state index in [0.717, 1.165) is 5.56 Å². The van der Waals surface area contributed by atoms with E-state index in [2.05, 4.69) is 10.1 Å². The van der Waals surface area contributed by atoms with E-state index in [4.69, 9.17) is 21.1 Å². The maximum Gasteiger partial charge on any atom is 0.356 e. The second kappa shape index (κ2) is 7.96. The Morgan fingerprint density at radius 3 is 2.40 bits per heavy atom. The van der Waals surface area contributed by atoms with Crippen LogP contribution in [-0.4, -0.2) is 40.6 Å². The summed E-state index contributed by atoms with van der Waals surface area (Å²) in [6, 6.07) is 15.2. The Bertz CT molecular complexity index is 1270. The minimum absolute atomic E-state index is 0.0505. The van der Waals surface area contributed by atoms with E-state index in [-0.39, 0.29) is 17.2 Å². The standard InChI is InChI=1S/C22H16ClN3O4/c1-29-15-10-11-18-19(21(27)16-4-3-5-17(24-16)22(28)30-2)20(25-26(18)12-15)13-6-8-14(23)9-7-13/h3-12H,1-2H3. The fourth-order valence-corrected chi connectivity index (χ4v) is 3.22. The van der Waals surface area contributed by atoms with E-state index >= 15 is 0 Å². The molecule has 0 spiro atoms. The number of pyridine rings is 2. The molecular formula is C22H16ClN3O4. The van der Waals surface area contributed by atoms with E-state index in [1.165, 1.54) is 13.2 Å². The van der Waals surface area contributed by atoms with Gasteiger partial charge in [-0.2, -0.15) is 5.10 Å². The van der Waals surface area contributed by atoms with E-state index in [1.54, 1.807) is 66.4 Å². The average Bonchev–Trinajstić information content (AvgIpc) is 3.17. The molecule has 8 heteroatoms. The van der Waals surface area contributed by atoms with Crippen molar-refractivity contribution in [3.8, 4) is 17.0 Å². The van der Waals surface area contributed by atoms with Crippen molar-refractivity contribution in [2.24, 2.45) is 0 Å². The summed E-state index contributed by atoms with van der Waals surface area (Å²) in [6.07, 6.45) is 1.68. The molecule has 0 aliphatic rings. The Morgan fingerprint density at radius 1 is 0.967 bits per heavy atom. The second-order valence-corrected chi connectivity index (χ2v) is 6.79. The third kappa shape index (κ3) is 3.51. The molecule has 0 aliphatic heterocycles. The second-order valence-electron chi connectivity index (χ2n) is 6.36. The number of benzene rings is 1. The number of carbonyl (C=O) groups is 2. The smallest absolute Gasteiger partial charge is 0.356 e. The van der Waals surface area contributed by atoms with Crippen LogP contribution < -0.4 is 4.74 Å². The maximum absolute atomic E-state index is 13.5. The van der Waals surface area contributed by atoms with Crippen LogP contribution in [0, 0.1) is 0 Å². The van der Waals surface area contributed by atoms with Crippen LogP contribution in [0.3, 0.4) is 0 Å². The first-order valence-electron chi connectivity index (χ1n) is 8.94. The van der Waals surface area contributed by atoms with Crippen LogP contribution in [0.1, 0.15) is 26.5 Å². The predicted octanol–water partition coefficient (Wildman–Crippen LogP) is 4.08. The van der Waals surface area contributed by atoms with Gasteiger partial charge in [0.1, 0.15) is 22.8 Å². The van der Waals surface area contributed by atoms with Crippen LogP contribution in [0.2, 0.25) is 5.02 Å². The SMILES string of the molecule is COC(=O)c1cccc(C(=O)c2c(-c3ccc(Cl)cc3)nn3cc(OC)ccc23)n1. The molecule has 150 valence electrons. The average molecular weight is 422 g/mol. The molecule has 0 atom stereocenters. The Labute approximate surface area is 176 Å². The summed E-state index contributed by atoms with van der Waals surface area (Å²) < 4.78 is 11.6. The molecule has 0 saturated carbocycles. The first-order valence-corrected chi connectivity index (χ1v) is 9.32. The van der Waals surface area contributed by atoms with Gasteiger partial charge in [0, 0.05) is 10.6 Å². The van der Waals surface area contributed by atoms with Crippen molar-refractivity contribution < 1.29 is 19.1 Å². The number of halogens is 1. The number of fused-ring (bicyclic) bond motifs is 1. The fourth-order valence-electron chi connectivity index (χ4n) is 3.09. The van der Waals surface area contributed by atoms with Crippen molar-refractivity contribution in [3.05, 3.63) is 82.8 Å². The lowest BCUT2D eigenvalue weighted by molar-refractivity contribution is 0.0594. The first kappa shape index (κ1) is 19.6. The van der Waals surface area contributed by atoms with Crippen molar-refractivity contribution in [1.29, 1.82) is 0 Å². The van der Waals surface area contributed by atoms with Crippen molar-refractivity contribution in [2.75, 3.05) is 14.2 Å². The molecule has 4 rings (SSSR count). The highest BCUT2D eigenvalue weighted by Crippen LogP contribution is 2.30. The van der Waals surface area contributed by atoms with Crippen LogP contribution in [-0.2, 0) is 4.74 Å². The monoisotopic (exact) mass is 421 g/mol. The minimum atomic E-state index is -0.618. The van der Waals surface area contributed by atoms with E-state index in [9.17, 15) is 9.59 Å². The molecule has 7 nitrogen and oxygen atoms in total. The number of hydrogen-bond acceptors (Lipinski definition) is 6. The van der Waals surface area contributed by atoms with Crippen molar-refractivity contribution in [2.45, 2.75) is 0 Å². The summed E-state index contributed by atoms with van der Waals surface area (Å²) in [6.45, 7) is 0. The molecular weight excluding hydrogens is 406 g/mol. The third-order valence-corrected chi connectivity index (χ3v) is 4.81. The molecule has 3 heterocycles. The maximum atomic E-state index is 13.5. The highest BCUT2D eigenvalue weighted by atomic mass is 35.5. The highest BCUT2D eigenvalue weighted by molar-refractivity contribution is 6.30. The number of ketones is 1. The number of nitrogens with zero attached hydrogens (tertiary/aromatic N) is 3. The Kier molecular flexibility index (Phi) is 5.20. The summed E-state index contributed by atoms with van der Waals surface area (Å²) >= 11 is 6.01. The Morgan fingerprint density at radius 2 is 1.70 bits per heavy atom. The number of rotatable bonds is 5. The first-order chi connectivity index (χ1) is 14.5. The van der Waals surface area contributed by atoms with Crippen molar-refractivity contribution >= 4 is 28.9 Å². The van der Waals surface area contributed by atoms with Gasteiger partial charge < -0.3 is 9.47 Å². The zero-order valence-corrected chi connectivity index (χ0v) is 16.9. The summed E-state index contributed by atoms with van der Waals surface area (Å²) in [7, 11) is 2.81. The van der Waals surface area contributed by atoms with Gasteiger partial charge in [-0.3, -0.25) is 4.79 Å². The molecule has 0 unspecified atom stereocenters. The minimum Gasteiger partial charge on any atom is -0.495 e. The fraction of sp³-hybridized carbons (Fsp3) is 0.0909. The molecule has 30 heavy (non-hydrogen) atoms. The van der Waals surface area contributed by atoms with Gasteiger partial charge in [0.05, 0.1) is 31.5 Å². The summed E-state index contributed by atoms with van der Waals surface area (Å²) in [5.74, 6) is -0.393. The van der Waals surface area contributed by atoms with Gasteiger partial charge >= 0.3 is 5.97 Å². The lowest BCUT2D eigenvalue weighted by atomic mass is 10.0. The Hall–Kier alpha value is -3.71. The highest BCUT2D eigenvalue weighted by Gasteiger charge is 2.24. The lowest BCUT2D eigenvalue weighted by Crippen LogP contribution is -2.10. The number of aromatic nitrogens is 3. The van der Waals surface area contributed by atoms with E-state index in [1.807, 2.05) is 0 Å². The summed E-state index contributed by atoms with van der Waals surface area (Å²) in [4.78, 5) is 29.5. The number of ether oxygens (including phenoxy) is 2. The molecule has 3 aromatic heterocycles. The van der Waals surface area contributed by atoms with E-state index in [0.29, 0.717) is 27.5 Å². The topological polar surface area (TPSA) is 82.8 Å². The van der Waals surface area contributed by atoms with Crippen LogP contribution in [0.15, 0.2) is 60.8 Å². The molecule has 1 aromatic carbocycles. The number of esters is 1. The molecule has 0 amide bonds. The zero-order valence-electron chi connectivity index (χ0n) is 16.1. The summed E-state index contributed by atoms with van der Waals surface area (Å²) in [5.41, 5.74) is 2.28. The Balaban J connectivity index is 1.92.